The second kappa shape index (κ2) is 6.28. The van der Waals surface area contributed by atoms with Gasteiger partial charge in [0.05, 0.1) is 4.88 Å². The molecular formula is C14H20N4S2. The second-order valence-corrected chi connectivity index (χ2v) is 7.36. The Bertz CT molecular complexity index is 550. The van der Waals surface area contributed by atoms with Crippen LogP contribution in [0.15, 0.2) is 22.7 Å². The summed E-state index contributed by atoms with van der Waals surface area (Å²) in [5, 5.41) is 11.8. The Kier molecular flexibility index (Phi) is 4.43. The second-order valence-electron chi connectivity index (χ2n) is 5.42. The van der Waals surface area contributed by atoms with Gasteiger partial charge in [0.2, 0.25) is 0 Å². The summed E-state index contributed by atoms with van der Waals surface area (Å²) in [6.45, 7) is 2.45. The summed E-state index contributed by atoms with van der Waals surface area (Å²) in [6, 6.07) is 4.15. The molecule has 0 aromatic carbocycles. The monoisotopic (exact) mass is 308 g/mol. The molecule has 20 heavy (non-hydrogen) atoms. The third-order valence-corrected chi connectivity index (χ3v) is 5.86. The van der Waals surface area contributed by atoms with Crippen LogP contribution in [0.4, 0.5) is 0 Å². The zero-order chi connectivity index (χ0) is 13.9. The first-order valence-corrected chi connectivity index (χ1v) is 8.85. The van der Waals surface area contributed by atoms with Gasteiger partial charge in [0.25, 0.3) is 0 Å². The molecule has 108 valence electrons. The lowest BCUT2D eigenvalue weighted by atomic mass is 10.0. The zero-order valence-electron chi connectivity index (χ0n) is 12.0. The first-order chi connectivity index (χ1) is 9.74. The smallest absolute Gasteiger partial charge is 0.191 e. The Morgan fingerprint density at radius 3 is 3.05 bits per heavy atom. The number of rotatable bonds is 4. The first-order valence-electron chi connectivity index (χ1n) is 6.98. The molecule has 0 bridgehead atoms. The lowest BCUT2D eigenvalue weighted by molar-refractivity contribution is 0.224. The normalized spacial score (nSPS) is 20.4. The van der Waals surface area contributed by atoms with Crippen molar-refractivity contribution in [2.75, 3.05) is 25.9 Å². The zero-order valence-corrected chi connectivity index (χ0v) is 13.6. The summed E-state index contributed by atoms with van der Waals surface area (Å²) in [7, 11) is 4.28. The van der Waals surface area contributed by atoms with Gasteiger partial charge < -0.3 is 9.47 Å². The quantitative estimate of drug-likeness (QED) is 0.813. The van der Waals surface area contributed by atoms with Gasteiger partial charge in [-0.3, -0.25) is 0 Å². The number of thioether (sulfide) groups is 1. The Morgan fingerprint density at radius 1 is 1.40 bits per heavy atom. The van der Waals surface area contributed by atoms with Crippen molar-refractivity contribution >= 4 is 23.1 Å². The van der Waals surface area contributed by atoms with Crippen molar-refractivity contribution in [1.29, 1.82) is 0 Å². The largest absolute Gasteiger partial charge is 0.306 e. The highest BCUT2D eigenvalue weighted by molar-refractivity contribution is 7.99. The third-order valence-electron chi connectivity index (χ3n) is 3.75. The molecule has 1 aliphatic heterocycles. The molecule has 1 atom stereocenters. The van der Waals surface area contributed by atoms with Gasteiger partial charge in [-0.2, -0.15) is 0 Å². The van der Waals surface area contributed by atoms with Crippen molar-refractivity contribution in [3.63, 3.8) is 0 Å². The minimum absolute atomic E-state index is 0.778. The molecule has 0 saturated carbocycles. The van der Waals surface area contributed by atoms with Crippen LogP contribution >= 0.6 is 23.1 Å². The SMILES string of the molecule is CN1CCC[C@H](CSc2nnc(-c3cccs3)n2C)C1. The number of thiophene rings is 1. The van der Waals surface area contributed by atoms with Crippen LogP contribution in [0.2, 0.25) is 0 Å². The molecule has 0 radical (unpaired) electrons. The van der Waals surface area contributed by atoms with Crippen LogP contribution in [0.1, 0.15) is 12.8 Å². The molecular weight excluding hydrogens is 288 g/mol. The number of hydrogen-bond acceptors (Lipinski definition) is 5. The Morgan fingerprint density at radius 2 is 2.30 bits per heavy atom. The molecule has 0 unspecified atom stereocenters. The molecule has 3 rings (SSSR count). The van der Waals surface area contributed by atoms with E-state index in [1.807, 2.05) is 11.8 Å². The van der Waals surface area contributed by atoms with Crippen molar-refractivity contribution in [3.8, 4) is 10.7 Å². The van der Waals surface area contributed by atoms with E-state index in [9.17, 15) is 0 Å². The van der Waals surface area contributed by atoms with Crippen molar-refractivity contribution < 1.29 is 0 Å². The van der Waals surface area contributed by atoms with E-state index in [0.29, 0.717) is 0 Å². The van der Waals surface area contributed by atoms with Crippen LogP contribution in [-0.2, 0) is 7.05 Å². The van der Waals surface area contributed by atoms with Crippen molar-refractivity contribution in [2.45, 2.75) is 18.0 Å². The van der Waals surface area contributed by atoms with Gasteiger partial charge in [-0.05, 0) is 43.8 Å². The van der Waals surface area contributed by atoms with Crippen LogP contribution in [0.5, 0.6) is 0 Å². The number of hydrogen-bond donors (Lipinski definition) is 0. The average Bonchev–Trinajstić information content (AvgIpc) is 3.06. The summed E-state index contributed by atoms with van der Waals surface area (Å²) in [5.41, 5.74) is 0. The van der Waals surface area contributed by atoms with Gasteiger partial charge in [-0.25, -0.2) is 0 Å². The van der Waals surface area contributed by atoms with E-state index in [4.69, 9.17) is 0 Å². The molecule has 4 nitrogen and oxygen atoms in total. The highest BCUT2D eigenvalue weighted by Crippen LogP contribution is 2.28. The van der Waals surface area contributed by atoms with Gasteiger partial charge in [-0.1, -0.05) is 17.8 Å². The molecule has 0 aliphatic carbocycles. The number of piperidine rings is 1. The predicted octanol–water partition coefficient (Wildman–Crippen LogP) is 2.98. The molecule has 2 aromatic heterocycles. The lowest BCUT2D eigenvalue weighted by Crippen LogP contribution is -2.33. The maximum atomic E-state index is 4.34. The molecule has 6 heteroatoms. The topological polar surface area (TPSA) is 34.0 Å². The summed E-state index contributed by atoms with van der Waals surface area (Å²) in [5.74, 6) is 2.89. The van der Waals surface area contributed by atoms with E-state index < -0.39 is 0 Å². The van der Waals surface area contributed by atoms with Crippen molar-refractivity contribution in [2.24, 2.45) is 13.0 Å². The van der Waals surface area contributed by atoms with Crippen LogP contribution < -0.4 is 0 Å². The Balaban J connectivity index is 1.63. The number of nitrogens with zero attached hydrogens (tertiary/aromatic N) is 4. The lowest BCUT2D eigenvalue weighted by Gasteiger charge is -2.29. The minimum Gasteiger partial charge on any atom is -0.306 e. The molecule has 2 aromatic rings. The first kappa shape index (κ1) is 14.1. The summed E-state index contributed by atoms with van der Waals surface area (Å²) < 4.78 is 2.11. The van der Waals surface area contributed by atoms with Crippen molar-refractivity contribution in [1.82, 2.24) is 19.7 Å². The van der Waals surface area contributed by atoms with Gasteiger partial charge >= 0.3 is 0 Å². The van der Waals surface area contributed by atoms with E-state index in [1.165, 1.54) is 30.8 Å². The number of aromatic nitrogens is 3. The summed E-state index contributed by atoms with van der Waals surface area (Å²) >= 11 is 3.55. The molecule has 3 heterocycles. The number of likely N-dealkylation sites (tertiary alicyclic amines) is 1. The fourth-order valence-corrected chi connectivity index (χ4v) is 4.44. The van der Waals surface area contributed by atoms with Gasteiger partial charge in [0.15, 0.2) is 11.0 Å². The molecule has 1 aliphatic rings. The van der Waals surface area contributed by atoms with Crippen LogP contribution in [0.3, 0.4) is 0 Å². The average molecular weight is 308 g/mol. The van der Waals surface area contributed by atoms with E-state index in [2.05, 4.69) is 51.3 Å². The Hall–Kier alpha value is -0.850. The van der Waals surface area contributed by atoms with E-state index in [-0.39, 0.29) is 0 Å². The minimum atomic E-state index is 0.778. The summed E-state index contributed by atoms with van der Waals surface area (Å²) in [4.78, 5) is 3.62. The van der Waals surface area contributed by atoms with Crippen LogP contribution in [0, 0.1) is 5.92 Å². The van der Waals surface area contributed by atoms with Crippen LogP contribution in [0.25, 0.3) is 10.7 Å². The fourth-order valence-electron chi connectivity index (χ4n) is 2.66. The molecule has 1 fully saturated rings. The molecule has 0 amide bonds. The van der Waals surface area contributed by atoms with E-state index >= 15 is 0 Å². The maximum Gasteiger partial charge on any atom is 0.191 e. The van der Waals surface area contributed by atoms with E-state index in [0.717, 1.165) is 22.7 Å². The highest BCUT2D eigenvalue weighted by atomic mass is 32.2. The standard InChI is InChI=1S/C14H20N4S2/c1-17-7-3-5-11(9-17)10-20-14-16-15-13(18(14)2)12-6-4-8-19-12/h4,6,8,11H,3,5,7,9-10H2,1-2H3/t11-/m0/s1. The van der Waals surface area contributed by atoms with Crippen LogP contribution in [-0.4, -0.2) is 45.6 Å². The molecule has 1 saturated heterocycles. The predicted molar refractivity (Wildman–Crippen MR) is 85.3 cm³/mol. The van der Waals surface area contributed by atoms with Crippen molar-refractivity contribution in [3.05, 3.63) is 17.5 Å². The summed E-state index contributed by atoms with van der Waals surface area (Å²) in [6.07, 6.45) is 2.66. The molecule has 0 N–H and O–H groups in total. The van der Waals surface area contributed by atoms with Gasteiger partial charge in [-0.15, -0.1) is 21.5 Å². The Labute approximate surface area is 128 Å². The molecule has 0 spiro atoms. The maximum absolute atomic E-state index is 4.34. The fraction of sp³-hybridized carbons (Fsp3) is 0.571. The highest BCUT2D eigenvalue weighted by Gasteiger charge is 2.19. The van der Waals surface area contributed by atoms with Gasteiger partial charge in [0.1, 0.15) is 0 Å². The van der Waals surface area contributed by atoms with Gasteiger partial charge in [0, 0.05) is 19.3 Å². The third kappa shape index (κ3) is 3.07. The van der Waals surface area contributed by atoms with E-state index in [1.54, 1.807) is 11.3 Å².